The highest BCUT2D eigenvalue weighted by Gasteiger charge is 2.25. The van der Waals surface area contributed by atoms with Gasteiger partial charge < -0.3 is 15.6 Å². The normalized spacial score (nSPS) is 16.3. The summed E-state index contributed by atoms with van der Waals surface area (Å²) in [6.07, 6.45) is -0.214. The Hall–Kier alpha value is -2.38. The Kier molecular flexibility index (Phi) is 2.91. The van der Waals surface area contributed by atoms with Gasteiger partial charge in [0.1, 0.15) is 11.3 Å². The standard InChI is InChI=1S/C15H17N5O2/c1-22-13-4-2-3-11-12-5-9(6-19-7-10(21)8-19)18-20(12)15(16)17-14(11)13/h2-5,10,21H,6-8H2,1H3,(H2,16,17). The number of nitrogen functional groups attached to an aromatic ring is 1. The Morgan fingerprint density at radius 1 is 1.41 bits per heavy atom. The Morgan fingerprint density at radius 2 is 2.23 bits per heavy atom. The lowest BCUT2D eigenvalue weighted by Crippen LogP contribution is -2.49. The summed E-state index contributed by atoms with van der Waals surface area (Å²) in [6.45, 7) is 2.08. The van der Waals surface area contributed by atoms with Crippen molar-refractivity contribution < 1.29 is 9.84 Å². The number of aromatic nitrogens is 3. The molecule has 22 heavy (non-hydrogen) atoms. The fraction of sp³-hybridized carbons (Fsp3) is 0.333. The molecular formula is C15H17N5O2. The number of rotatable bonds is 3. The molecule has 0 unspecified atom stereocenters. The Labute approximate surface area is 126 Å². The van der Waals surface area contributed by atoms with E-state index in [1.807, 2.05) is 24.3 Å². The van der Waals surface area contributed by atoms with Gasteiger partial charge in [0.25, 0.3) is 0 Å². The second-order valence-electron chi connectivity index (χ2n) is 5.61. The molecule has 1 aromatic carbocycles. The molecule has 1 aliphatic rings. The van der Waals surface area contributed by atoms with E-state index < -0.39 is 0 Å². The number of benzene rings is 1. The maximum absolute atomic E-state index is 9.37. The molecule has 7 heteroatoms. The van der Waals surface area contributed by atoms with E-state index in [0.29, 0.717) is 31.3 Å². The Bertz CT molecular complexity index is 854. The van der Waals surface area contributed by atoms with Crippen LogP contribution in [0.15, 0.2) is 24.3 Å². The fourth-order valence-electron chi connectivity index (χ4n) is 2.95. The lowest BCUT2D eigenvalue weighted by Gasteiger charge is -2.35. The molecule has 1 fully saturated rings. The minimum absolute atomic E-state index is 0.214. The van der Waals surface area contributed by atoms with Crippen LogP contribution in [-0.2, 0) is 6.54 Å². The number of ether oxygens (including phenoxy) is 1. The molecule has 0 atom stereocenters. The largest absolute Gasteiger partial charge is 0.494 e. The summed E-state index contributed by atoms with van der Waals surface area (Å²) in [5, 5.41) is 14.9. The number of anilines is 1. The molecule has 3 aromatic rings. The molecule has 3 N–H and O–H groups in total. The van der Waals surface area contributed by atoms with Gasteiger partial charge in [0, 0.05) is 25.0 Å². The first-order chi connectivity index (χ1) is 10.7. The van der Waals surface area contributed by atoms with Crippen molar-refractivity contribution in [1.29, 1.82) is 0 Å². The van der Waals surface area contributed by atoms with Crippen molar-refractivity contribution in [3.8, 4) is 5.75 Å². The maximum atomic E-state index is 9.37. The van der Waals surface area contributed by atoms with E-state index in [-0.39, 0.29) is 6.10 Å². The molecule has 0 saturated carbocycles. The molecule has 2 aromatic heterocycles. The SMILES string of the molecule is COc1cccc2c1nc(N)n1nc(CN3CC(O)C3)cc21. The van der Waals surface area contributed by atoms with Gasteiger partial charge in [-0.25, -0.2) is 4.98 Å². The van der Waals surface area contributed by atoms with E-state index in [2.05, 4.69) is 15.0 Å². The van der Waals surface area contributed by atoms with Crippen molar-refractivity contribution in [3.63, 3.8) is 0 Å². The van der Waals surface area contributed by atoms with Crippen molar-refractivity contribution in [2.45, 2.75) is 12.6 Å². The number of nitrogens with zero attached hydrogens (tertiary/aromatic N) is 4. The number of para-hydroxylation sites is 1. The van der Waals surface area contributed by atoms with Crippen molar-refractivity contribution in [3.05, 3.63) is 30.0 Å². The number of β-amino-alcohol motifs (C(OH)–C–C–N with tert-alkyl or cyclic N) is 1. The summed E-state index contributed by atoms with van der Waals surface area (Å²) in [4.78, 5) is 6.55. The highest BCUT2D eigenvalue weighted by molar-refractivity contribution is 5.97. The van der Waals surface area contributed by atoms with Crippen LogP contribution in [0.25, 0.3) is 16.4 Å². The highest BCUT2D eigenvalue weighted by Crippen LogP contribution is 2.29. The third-order valence-corrected chi connectivity index (χ3v) is 4.02. The molecule has 0 radical (unpaired) electrons. The van der Waals surface area contributed by atoms with Crippen LogP contribution in [0.3, 0.4) is 0 Å². The minimum Gasteiger partial charge on any atom is -0.494 e. The molecule has 0 aliphatic carbocycles. The smallest absolute Gasteiger partial charge is 0.222 e. The predicted octanol–water partition coefficient (Wildman–Crippen LogP) is 0.650. The molecule has 0 spiro atoms. The third kappa shape index (κ3) is 1.98. The Balaban J connectivity index is 1.84. The van der Waals surface area contributed by atoms with E-state index in [0.717, 1.165) is 22.1 Å². The third-order valence-electron chi connectivity index (χ3n) is 4.02. The lowest BCUT2D eigenvalue weighted by atomic mass is 10.1. The number of aliphatic hydroxyl groups is 1. The van der Waals surface area contributed by atoms with Crippen LogP contribution in [0.5, 0.6) is 5.75 Å². The summed E-state index contributed by atoms with van der Waals surface area (Å²) in [5.74, 6) is 1.03. The monoisotopic (exact) mass is 299 g/mol. The number of aliphatic hydroxyl groups excluding tert-OH is 1. The first-order valence-corrected chi connectivity index (χ1v) is 7.17. The summed E-state index contributed by atoms with van der Waals surface area (Å²) in [7, 11) is 1.62. The van der Waals surface area contributed by atoms with Gasteiger partial charge in [0.2, 0.25) is 5.95 Å². The second kappa shape index (κ2) is 4.82. The van der Waals surface area contributed by atoms with Crippen LogP contribution in [0.1, 0.15) is 5.69 Å². The number of likely N-dealkylation sites (tertiary alicyclic amines) is 1. The topological polar surface area (TPSA) is 88.9 Å². The quantitative estimate of drug-likeness (QED) is 0.738. The minimum atomic E-state index is -0.214. The zero-order chi connectivity index (χ0) is 15.3. The van der Waals surface area contributed by atoms with Gasteiger partial charge in [0.05, 0.1) is 24.4 Å². The van der Waals surface area contributed by atoms with Gasteiger partial charge in [-0.2, -0.15) is 9.61 Å². The van der Waals surface area contributed by atoms with Gasteiger partial charge in [-0.3, -0.25) is 4.90 Å². The molecule has 1 aliphatic heterocycles. The first kappa shape index (κ1) is 13.3. The number of methoxy groups -OCH3 is 1. The highest BCUT2D eigenvalue weighted by atomic mass is 16.5. The molecule has 114 valence electrons. The van der Waals surface area contributed by atoms with Crippen LogP contribution < -0.4 is 10.5 Å². The maximum Gasteiger partial charge on any atom is 0.222 e. The summed E-state index contributed by atoms with van der Waals surface area (Å²) in [6, 6.07) is 7.80. The van der Waals surface area contributed by atoms with Gasteiger partial charge >= 0.3 is 0 Å². The zero-order valence-electron chi connectivity index (χ0n) is 12.2. The molecular weight excluding hydrogens is 282 g/mol. The van der Waals surface area contributed by atoms with Crippen molar-refractivity contribution in [2.75, 3.05) is 25.9 Å². The van der Waals surface area contributed by atoms with Gasteiger partial charge in [-0.1, -0.05) is 12.1 Å². The van der Waals surface area contributed by atoms with Gasteiger partial charge in [-0.05, 0) is 12.1 Å². The van der Waals surface area contributed by atoms with E-state index in [4.69, 9.17) is 10.5 Å². The fourth-order valence-corrected chi connectivity index (χ4v) is 2.95. The number of fused-ring (bicyclic) bond motifs is 3. The van der Waals surface area contributed by atoms with E-state index >= 15 is 0 Å². The molecule has 7 nitrogen and oxygen atoms in total. The first-order valence-electron chi connectivity index (χ1n) is 7.17. The molecule has 4 rings (SSSR count). The average molecular weight is 299 g/mol. The van der Waals surface area contributed by atoms with Crippen molar-refractivity contribution >= 4 is 22.4 Å². The van der Waals surface area contributed by atoms with Crippen molar-refractivity contribution in [2.24, 2.45) is 0 Å². The van der Waals surface area contributed by atoms with E-state index in [1.54, 1.807) is 11.6 Å². The zero-order valence-corrected chi connectivity index (χ0v) is 12.2. The molecule has 0 amide bonds. The van der Waals surface area contributed by atoms with Crippen molar-refractivity contribution in [1.82, 2.24) is 19.5 Å². The van der Waals surface area contributed by atoms with E-state index in [9.17, 15) is 5.11 Å². The summed E-state index contributed by atoms with van der Waals surface area (Å²) in [5.41, 5.74) is 8.60. The lowest BCUT2D eigenvalue weighted by molar-refractivity contribution is -0.00357. The predicted molar refractivity (Wildman–Crippen MR) is 82.7 cm³/mol. The number of hydrogen-bond donors (Lipinski definition) is 2. The Morgan fingerprint density at radius 3 is 2.95 bits per heavy atom. The number of hydrogen-bond acceptors (Lipinski definition) is 6. The van der Waals surface area contributed by atoms with Gasteiger partial charge in [0.15, 0.2) is 0 Å². The van der Waals surface area contributed by atoms with Crippen LogP contribution in [0.2, 0.25) is 0 Å². The molecule has 1 saturated heterocycles. The molecule has 3 heterocycles. The van der Waals surface area contributed by atoms with Gasteiger partial charge in [-0.15, -0.1) is 0 Å². The molecule has 0 bridgehead atoms. The second-order valence-corrected chi connectivity index (χ2v) is 5.61. The van der Waals surface area contributed by atoms with Crippen LogP contribution in [0, 0.1) is 0 Å². The van der Waals surface area contributed by atoms with E-state index in [1.165, 1.54) is 0 Å². The van der Waals surface area contributed by atoms with Crippen LogP contribution in [-0.4, -0.2) is 50.9 Å². The number of nitrogens with two attached hydrogens (primary N) is 1. The summed E-state index contributed by atoms with van der Waals surface area (Å²) >= 11 is 0. The van der Waals surface area contributed by atoms with Crippen LogP contribution >= 0.6 is 0 Å². The van der Waals surface area contributed by atoms with Crippen LogP contribution in [0.4, 0.5) is 5.95 Å². The average Bonchev–Trinajstić information content (AvgIpc) is 2.90. The summed E-state index contributed by atoms with van der Waals surface area (Å²) < 4.78 is 7.02.